The average molecular weight is 583 g/mol. The van der Waals surface area contributed by atoms with E-state index in [1.54, 1.807) is 32.2 Å². The number of imidazole rings is 2. The minimum atomic E-state index is -1.17. The molecule has 220 valence electrons. The summed E-state index contributed by atoms with van der Waals surface area (Å²) in [6.45, 7) is 3.18. The molecule has 0 saturated carbocycles. The normalized spacial score (nSPS) is 12.1. The van der Waals surface area contributed by atoms with Crippen molar-refractivity contribution in [1.82, 2.24) is 29.8 Å². The summed E-state index contributed by atoms with van der Waals surface area (Å²) in [5.74, 6) is -1.26. The maximum Gasteiger partial charge on any atom is 0.326 e. The number of rotatable bonds is 12. The van der Waals surface area contributed by atoms with Crippen LogP contribution >= 0.6 is 0 Å². The number of aromatic amines is 2. The van der Waals surface area contributed by atoms with E-state index < -0.39 is 17.9 Å². The maximum absolute atomic E-state index is 13.1. The first-order chi connectivity index (χ1) is 20.8. The lowest BCUT2D eigenvalue weighted by molar-refractivity contribution is -0.141. The molecule has 5 rings (SSSR count). The molecule has 13 heteroatoms. The molecule has 0 spiro atoms. The number of carbonyl (C=O) groups is 3. The van der Waals surface area contributed by atoms with Crippen LogP contribution in [-0.4, -0.2) is 59.6 Å². The first kappa shape index (κ1) is 28.8. The molecular formula is C30H30N8O5. The van der Waals surface area contributed by atoms with Gasteiger partial charge in [-0.25, -0.2) is 14.8 Å². The number of benzene rings is 2. The highest BCUT2D eigenvalue weighted by Crippen LogP contribution is 2.25. The molecule has 0 bridgehead atoms. The number of carboxylic acids is 1. The number of amides is 2. The molecule has 13 nitrogen and oxygen atoms in total. The third-order valence-corrected chi connectivity index (χ3v) is 6.56. The van der Waals surface area contributed by atoms with Crippen LogP contribution in [0.15, 0.2) is 78.5 Å². The average Bonchev–Trinajstić information content (AvgIpc) is 3.72. The van der Waals surface area contributed by atoms with Gasteiger partial charge in [-0.1, -0.05) is 55.4 Å². The van der Waals surface area contributed by atoms with E-state index >= 15 is 0 Å². The van der Waals surface area contributed by atoms with Crippen LogP contribution in [0.3, 0.4) is 0 Å². The number of nitrogens with zero attached hydrogens (tertiary/aromatic N) is 4. The number of aromatic nitrogens is 5. The van der Waals surface area contributed by atoms with Gasteiger partial charge in [0.2, 0.25) is 11.8 Å². The van der Waals surface area contributed by atoms with Crippen LogP contribution < -0.4 is 15.5 Å². The van der Waals surface area contributed by atoms with Gasteiger partial charge in [-0.2, -0.15) is 0 Å². The number of fused-ring (bicyclic) bond motifs is 1. The number of anilines is 1. The van der Waals surface area contributed by atoms with Crippen molar-refractivity contribution in [1.29, 1.82) is 0 Å². The fraction of sp³-hybridized carbons (Fsp3) is 0.200. The van der Waals surface area contributed by atoms with E-state index in [0.29, 0.717) is 23.0 Å². The van der Waals surface area contributed by atoms with Crippen LogP contribution in [0, 0.1) is 5.92 Å². The molecule has 2 aromatic carbocycles. The monoisotopic (exact) mass is 582 g/mol. The number of nitrogens with one attached hydrogen (secondary N) is 4. The van der Waals surface area contributed by atoms with E-state index in [1.807, 2.05) is 42.5 Å². The second-order valence-electron chi connectivity index (χ2n) is 10.1. The van der Waals surface area contributed by atoms with Gasteiger partial charge in [0, 0.05) is 29.4 Å². The highest BCUT2D eigenvalue weighted by atomic mass is 16.6. The third-order valence-electron chi connectivity index (χ3n) is 6.56. The molecule has 0 aliphatic rings. The Morgan fingerprint density at radius 2 is 1.86 bits per heavy atom. The second kappa shape index (κ2) is 12.9. The Kier molecular flexibility index (Phi) is 8.61. The van der Waals surface area contributed by atoms with Crippen LogP contribution in [-0.2, 0) is 27.3 Å². The van der Waals surface area contributed by atoms with Gasteiger partial charge in [0.05, 0.1) is 24.4 Å². The third kappa shape index (κ3) is 6.96. The standard InChI is InChI=1S/C30H30N8O5/c1-18(2)29(40)37-28-26(27-32-14-20(35-27)15-34-43-21-8-4-3-5-9-21)33-17-38(28)16-25(39)36-24(30(41)42)12-19-13-31-23-11-7-6-10-22(19)23/h3-11,13-15,17-18,24,31H,12,16H2,1-2H3,(H,32,35)(H,36,39)(H,37,40)(H,41,42)/b34-15+/t24-/m0/s1. The topological polar surface area (TPSA) is 179 Å². The summed E-state index contributed by atoms with van der Waals surface area (Å²) in [5, 5.41) is 20.1. The Morgan fingerprint density at radius 3 is 2.63 bits per heavy atom. The Hall–Kier alpha value is -5.72. The minimum absolute atomic E-state index is 0.0852. The lowest BCUT2D eigenvalue weighted by atomic mass is 10.0. The number of carboxylic acid groups (broad SMARTS) is 1. The number of para-hydroxylation sites is 2. The predicted molar refractivity (Wildman–Crippen MR) is 160 cm³/mol. The molecule has 3 heterocycles. The smallest absolute Gasteiger partial charge is 0.326 e. The molecule has 0 radical (unpaired) electrons. The van der Waals surface area contributed by atoms with Crippen molar-refractivity contribution in [2.24, 2.45) is 11.1 Å². The summed E-state index contributed by atoms with van der Waals surface area (Å²) in [7, 11) is 0. The van der Waals surface area contributed by atoms with Crippen molar-refractivity contribution >= 4 is 40.7 Å². The fourth-order valence-electron chi connectivity index (χ4n) is 4.33. The van der Waals surface area contributed by atoms with Gasteiger partial charge in [0.1, 0.15) is 24.1 Å². The van der Waals surface area contributed by atoms with Gasteiger partial charge in [0.25, 0.3) is 0 Å². The van der Waals surface area contributed by atoms with Crippen molar-refractivity contribution in [2.45, 2.75) is 32.9 Å². The highest BCUT2D eigenvalue weighted by Gasteiger charge is 2.24. The Balaban J connectivity index is 1.32. The number of oxime groups is 1. The van der Waals surface area contributed by atoms with Crippen molar-refractivity contribution in [3.8, 4) is 17.3 Å². The SMILES string of the molecule is CC(C)C(=O)Nc1c(-c2ncc(/C=N/Oc3ccccc3)[nH]2)ncn1CC(=O)N[C@@H](Cc1c[nH]c2ccccc12)C(=O)O. The van der Waals surface area contributed by atoms with Crippen molar-refractivity contribution in [3.63, 3.8) is 0 Å². The van der Waals surface area contributed by atoms with Gasteiger partial charge in [-0.05, 0) is 23.8 Å². The summed E-state index contributed by atoms with van der Waals surface area (Å²) in [5.41, 5.74) is 2.45. The van der Waals surface area contributed by atoms with Crippen molar-refractivity contribution in [2.75, 3.05) is 5.32 Å². The molecule has 0 unspecified atom stereocenters. The Labute approximate surface area is 246 Å². The zero-order valence-corrected chi connectivity index (χ0v) is 23.4. The summed E-state index contributed by atoms with van der Waals surface area (Å²) in [6, 6.07) is 15.4. The maximum atomic E-state index is 13.1. The predicted octanol–water partition coefficient (Wildman–Crippen LogP) is 3.57. The highest BCUT2D eigenvalue weighted by molar-refractivity contribution is 5.95. The molecule has 5 N–H and O–H groups in total. The number of hydrogen-bond acceptors (Lipinski definition) is 7. The van der Waals surface area contributed by atoms with Crippen molar-refractivity contribution < 1.29 is 24.3 Å². The minimum Gasteiger partial charge on any atom is -0.480 e. The van der Waals surface area contributed by atoms with Crippen LogP contribution in [0.5, 0.6) is 5.75 Å². The van der Waals surface area contributed by atoms with Crippen molar-refractivity contribution in [3.05, 3.63) is 84.6 Å². The van der Waals surface area contributed by atoms with E-state index in [0.717, 1.165) is 16.5 Å². The Morgan fingerprint density at radius 1 is 1.09 bits per heavy atom. The number of aliphatic carboxylic acids is 1. The molecule has 0 aliphatic carbocycles. The number of carbonyl (C=O) groups excluding carboxylic acids is 2. The van der Waals surface area contributed by atoms with Crippen LogP contribution in [0.25, 0.3) is 22.4 Å². The van der Waals surface area contributed by atoms with E-state index in [4.69, 9.17) is 4.84 Å². The summed E-state index contributed by atoms with van der Waals surface area (Å²) in [4.78, 5) is 58.0. The van der Waals surface area contributed by atoms with Crippen LogP contribution in [0.1, 0.15) is 25.1 Å². The van der Waals surface area contributed by atoms with Crippen LogP contribution in [0.2, 0.25) is 0 Å². The van der Waals surface area contributed by atoms with E-state index in [1.165, 1.54) is 23.3 Å². The van der Waals surface area contributed by atoms with Gasteiger partial charge >= 0.3 is 5.97 Å². The number of H-pyrrole nitrogens is 2. The summed E-state index contributed by atoms with van der Waals surface area (Å²) < 4.78 is 1.43. The zero-order valence-electron chi connectivity index (χ0n) is 23.4. The quantitative estimate of drug-likeness (QED) is 0.110. The summed E-state index contributed by atoms with van der Waals surface area (Å²) >= 11 is 0. The van der Waals surface area contributed by atoms with E-state index in [2.05, 4.69) is 35.7 Å². The van der Waals surface area contributed by atoms with E-state index in [9.17, 15) is 19.5 Å². The molecule has 2 amide bonds. The van der Waals surface area contributed by atoms with Crippen LogP contribution in [0.4, 0.5) is 5.82 Å². The zero-order chi connectivity index (χ0) is 30.3. The van der Waals surface area contributed by atoms with E-state index in [-0.39, 0.29) is 30.6 Å². The lowest BCUT2D eigenvalue weighted by Crippen LogP contribution is -2.43. The first-order valence-corrected chi connectivity index (χ1v) is 13.5. The fourth-order valence-corrected chi connectivity index (χ4v) is 4.33. The molecule has 0 fully saturated rings. The summed E-state index contributed by atoms with van der Waals surface area (Å²) in [6.07, 6.45) is 6.18. The second-order valence-corrected chi connectivity index (χ2v) is 10.1. The molecular weight excluding hydrogens is 552 g/mol. The molecule has 5 aromatic rings. The molecule has 43 heavy (non-hydrogen) atoms. The first-order valence-electron chi connectivity index (χ1n) is 13.5. The molecule has 0 aliphatic heterocycles. The molecule has 3 aromatic heterocycles. The molecule has 1 atom stereocenters. The molecule has 0 saturated heterocycles. The Bertz CT molecular complexity index is 1770. The van der Waals surface area contributed by atoms with Gasteiger partial charge in [-0.15, -0.1) is 0 Å². The largest absolute Gasteiger partial charge is 0.480 e. The van der Waals surface area contributed by atoms with Gasteiger partial charge < -0.3 is 35.1 Å². The number of hydrogen-bond donors (Lipinski definition) is 5. The van der Waals surface area contributed by atoms with Gasteiger partial charge in [0.15, 0.2) is 11.6 Å². The van der Waals surface area contributed by atoms with Gasteiger partial charge in [-0.3, -0.25) is 9.59 Å². The lowest BCUT2D eigenvalue weighted by Gasteiger charge is -2.16.